The highest BCUT2D eigenvalue weighted by Crippen LogP contribution is 2.27. The number of benzene rings is 1. The first-order chi connectivity index (χ1) is 9.13. The van der Waals surface area contributed by atoms with Gasteiger partial charge in [0.15, 0.2) is 5.78 Å². The van der Waals surface area contributed by atoms with E-state index in [0.29, 0.717) is 12.4 Å². The lowest BCUT2D eigenvalue weighted by Gasteiger charge is -2.23. The van der Waals surface area contributed by atoms with Gasteiger partial charge in [-0.25, -0.2) is 0 Å². The molecule has 0 radical (unpaired) electrons. The molecule has 19 heavy (non-hydrogen) atoms. The molecule has 104 valence electrons. The third-order valence-corrected chi connectivity index (χ3v) is 3.77. The van der Waals surface area contributed by atoms with E-state index in [1.165, 1.54) is 0 Å². The van der Waals surface area contributed by atoms with Gasteiger partial charge in [0.2, 0.25) is 0 Å². The Hall–Kier alpha value is -1.35. The van der Waals surface area contributed by atoms with Gasteiger partial charge in [-0.05, 0) is 70.0 Å². The summed E-state index contributed by atoms with van der Waals surface area (Å²) >= 11 is 0. The fourth-order valence-corrected chi connectivity index (χ4v) is 2.85. The second kappa shape index (κ2) is 6.20. The van der Waals surface area contributed by atoms with Crippen molar-refractivity contribution in [3.05, 3.63) is 28.8 Å². The van der Waals surface area contributed by atoms with Crippen molar-refractivity contribution in [3.8, 4) is 5.75 Å². The lowest BCUT2D eigenvalue weighted by atomic mass is 9.86. The van der Waals surface area contributed by atoms with E-state index >= 15 is 0 Å². The molecule has 0 amide bonds. The second-order valence-corrected chi connectivity index (χ2v) is 5.25. The Labute approximate surface area is 115 Å². The highest BCUT2D eigenvalue weighted by Gasteiger charge is 2.24. The van der Waals surface area contributed by atoms with E-state index in [-0.39, 0.29) is 5.92 Å². The Balaban J connectivity index is 2.25. The molecule has 0 bridgehead atoms. The standard InChI is InChI=1S/C16H23NO2/c1-4-19-14-9-11(2)15(12(3)10-14)16(18)13-5-7-17-8-6-13/h9-10,13,17H,4-8H2,1-3H3. The molecule has 3 nitrogen and oxygen atoms in total. The Bertz CT molecular complexity index is 439. The summed E-state index contributed by atoms with van der Waals surface area (Å²) < 4.78 is 5.53. The van der Waals surface area contributed by atoms with Gasteiger partial charge in [-0.2, -0.15) is 0 Å². The molecule has 1 fully saturated rings. The molecule has 0 saturated carbocycles. The number of carbonyl (C=O) groups is 1. The van der Waals surface area contributed by atoms with E-state index in [9.17, 15) is 4.79 Å². The summed E-state index contributed by atoms with van der Waals surface area (Å²) in [6.07, 6.45) is 1.90. The molecule has 1 aromatic carbocycles. The molecule has 1 N–H and O–H groups in total. The van der Waals surface area contributed by atoms with Gasteiger partial charge in [0.05, 0.1) is 6.61 Å². The average Bonchev–Trinajstić information content (AvgIpc) is 2.39. The number of ether oxygens (including phenoxy) is 1. The highest BCUT2D eigenvalue weighted by molar-refractivity contribution is 6.00. The summed E-state index contributed by atoms with van der Waals surface area (Å²) in [7, 11) is 0. The molecule has 1 heterocycles. The third kappa shape index (κ3) is 3.16. The minimum atomic E-state index is 0.177. The average molecular weight is 261 g/mol. The fraction of sp³-hybridized carbons (Fsp3) is 0.562. The molecule has 1 aromatic rings. The van der Waals surface area contributed by atoms with E-state index < -0.39 is 0 Å². The maximum absolute atomic E-state index is 12.6. The van der Waals surface area contributed by atoms with Crippen LogP contribution in [-0.2, 0) is 0 Å². The molecule has 1 saturated heterocycles. The number of hydrogen-bond acceptors (Lipinski definition) is 3. The predicted molar refractivity (Wildman–Crippen MR) is 77.0 cm³/mol. The maximum atomic E-state index is 12.6. The van der Waals surface area contributed by atoms with Crippen LogP contribution < -0.4 is 10.1 Å². The van der Waals surface area contributed by atoms with Crippen molar-refractivity contribution < 1.29 is 9.53 Å². The van der Waals surface area contributed by atoms with Gasteiger partial charge in [-0.3, -0.25) is 4.79 Å². The quantitative estimate of drug-likeness (QED) is 0.847. The Morgan fingerprint density at radius 1 is 1.26 bits per heavy atom. The molecule has 1 aliphatic rings. The zero-order valence-electron chi connectivity index (χ0n) is 12.1. The van der Waals surface area contributed by atoms with Crippen LogP contribution in [0.3, 0.4) is 0 Å². The molecule has 0 unspecified atom stereocenters. The molecular formula is C16H23NO2. The van der Waals surface area contributed by atoms with E-state index in [2.05, 4.69) is 5.32 Å². The van der Waals surface area contributed by atoms with E-state index in [0.717, 1.165) is 48.4 Å². The van der Waals surface area contributed by atoms with Crippen molar-refractivity contribution in [2.75, 3.05) is 19.7 Å². The van der Waals surface area contributed by atoms with Gasteiger partial charge in [-0.1, -0.05) is 0 Å². The third-order valence-electron chi connectivity index (χ3n) is 3.77. The van der Waals surface area contributed by atoms with Crippen LogP contribution in [-0.4, -0.2) is 25.5 Å². The van der Waals surface area contributed by atoms with Crippen LogP contribution >= 0.6 is 0 Å². The van der Waals surface area contributed by atoms with Gasteiger partial charge in [-0.15, -0.1) is 0 Å². The van der Waals surface area contributed by atoms with Gasteiger partial charge >= 0.3 is 0 Å². The smallest absolute Gasteiger partial charge is 0.166 e. The minimum absolute atomic E-state index is 0.177. The lowest BCUT2D eigenvalue weighted by molar-refractivity contribution is 0.0894. The van der Waals surface area contributed by atoms with Crippen molar-refractivity contribution in [3.63, 3.8) is 0 Å². The molecule has 0 aliphatic carbocycles. The number of nitrogens with one attached hydrogen (secondary N) is 1. The van der Waals surface area contributed by atoms with Crippen molar-refractivity contribution in [2.24, 2.45) is 5.92 Å². The number of rotatable bonds is 4. The molecule has 0 atom stereocenters. The van der Waals surface area contributed by atoms with Crippen LogP contribution in [0.1, 0.15) is 41.3 Å². The number of ketones is 1. The summed E-state index contributed by atoms with van der Waals surface area (Å²) in [6, 6.07) is 3.95. The summed E-state index contributed by atoms with van der Waals surface area (Å²) in [5, 5.41) is 3.30. The Kier molecular flexibility index (Phi) is 4.59. The molecule has 2 rings (SSSR count). The Morgan fingerprint density at radius 2 is 1.84 bits per heavy atom. The van der Waals surface area contributed by atoms with Crippen molar-refractivity contribution in [2.45, 2.75) is 33.6 Å². The molecule has 0 spiro atoms. The zero-order chi connectivity index (χ0) is 13.8. The van der Waals surface area contributed by atoms with Crippen LogP contribution in [0.25, 0.3) is 0 Å². The number of carbonyl (C=O) groups excluding carboxylic acids is 1. The SMILES string of the molecule is CCOc1cc(C)c(C(=O)C2CCNCC2)c(C)c1. The first-order valence-electron chi connectivity index (χ1n) is 7.12. The Morgan fingerprint density at radius 3 is 2.37 bits per heavy atom. The van der Waals surface area contributed by atoms with Crippen LogP contribution in [0.4, 0.5) is 0 Å². The lowest BCUT2D eigenvalue weighted by Crippen LogP contribution is -2.32. The topological polar surface area (TPSA) is 38.3 Å². The van der Waals surface area contributed by atoms with Gasteiger partial charge < -0.3 is 10.1 Å². The summed E-state index contributed by atoms with van der Waals surface area (Å²) in [4.78, 5) is 12.6. The first-order valence-corrected chi connectivity index (χ1v) is 7.12. The number of aryl methyl sites for hydroxylation is 2. The number of piperidine rings is 1. The zero-order valence-corrected chi connectivity index (χ0v) is 12.1. The largest absolute Gasteiger partial charge is 0.494 e. The number of Topliss-reactive ketones (excluding diaryl/α,β-unsaturated/α-hetero) is 1. The summed E-state index contributed by atoms with van der Waals surface area (Å²) in [6.45, 7) is 8.53. The monoisotopic (exact) mass is 261 g/mol. The first kappa shape index (κ1) is 14.1. The molecule has 0 aromatic heterocycles. The maximum Gasteiger partial charge on any atom is 0.166 e. The van der Waals surface area contributed by atoms with Crippen LogP contribution in [0.15, 0.2) is 12.1 Å². The second-order valence-electron chi connectivity index (χ2n) is 5.25. The van der Waals surface area contributed by atoms with Crippen molar-refractivity contribution in [1.82, 2.24) is 5.32 Å². The van der Waals surface area contributed by atoms with E-state index in [4.69, 9.17) is 4.74 Å². The van der Waals surface area contributed by atoms with Crippen molar-refractivity contribution >= 4 is 5.78 Å². The van der Waals surface area contributed by atoms with Crippen LogP contribution in [0, 0.1) is 19.8 Å². The van der Waals surface area contributed by atoms with Crippen LogP contribution in [0.5, 0.6) is 5.75 Å². The van der Waals surface area contributed by atoms with Gasteiger partial charge in [0.25, 0.3) is 0 Å². The summed E-state index contributed by atoms with van der Waals surface area (Å²) in [5.74, 6) is 1.34. The normalized spacial score (nSPS) is 16.4. The fourth-order valence-electron chi connectivity index (χ4n) is 2.85. The predicted octanol–water partition coefficient (Wildman–Crippen LogP) is 2.88. The van der Waals surface area contributed by atoms with E-state index in [1.54, 1.807) is 0 Å². The number of hydrogen-bond donors (Lipinski definition) is 1. The molecule has 1 aliphatic heterocycles. The van der Waals surface area contributed by atoms with Gasteiger partial charge in [0.1, 0.15) is 5.75 Å². The van der Waals surface area contributed by atoms with Crippen molar-refractivity contribution in [1.29, 1.82) is 0 Å². The minimum Gasteiger partial charge on any atom is -0.494 e. The highest BCUT2D eigenvalue weighted by atomic mass is 16.5. The van der Waals surface area contributed by atoms with Crippen LogP contribution in [0.2, 0.25) is 0 Å². The van der Waals surface area contributed by atoms with Gasteiger partial charge in [0, 0.05) is 11.5 Å². The van der Waals surface area contributed by atoms with E-state index in [1.807, 2.05) is 32.9 Å². The molecule has 3 heteroatoms. The molecular weight excluding hydrogens is 238 g/mol. The summed E-state index contributed by atoms with van der Waals surface area (Å²) in [5.41, 5.74) is 2.97.